The minimum absolute atomic E-state index is 0.238. The van der Waals surface area contributed by atoms with Crippen LogP contribution in [0, 0.1) is 0 Å². The van der Waals surface area contributed by atoms with Gasteiger partial charge in [0.15, 0.2) is 5.78 Å². The van der Waals surface area contributed by atoms with E-state index in [4.69, 9.17) is 23.2 Å². The van der Waals surface area contributed by atoms with Gasteiger partial charge in [-0.15, -0.1) is 11.6 Å². The van der Waals surface area contributed by atoms with E-state index in [9.17, 15) is 4.79 Å². The van der Waals surface area contributed by atoms with Crippen LogP contribution in [-0.2, 0) is 0 Å². The van der Waals surface area contributed by atoms with E-state index in [-0.39, 0.29) is 11.5 Å². The number of alkyl halides is 1. The summed E-state index contributed by atoms with van der Waals surface area (Å²) in [6, 6.07) is 3.28. The van der Waals surface area contributed by atoms with Gasteiger partial charge in [-0.05, 0) is 19.1 Å². The molecule has 4 heteroatoms. The maximum Gasteiger partial charge on any atom is 0.200 e. The molecule has 0 saturated carbocycles. The number of carbonyl (C=O) groups excluding carboxylic acids is 1. The van der Waals surface area contributed by atoms with Crippen molar-refractivity contribution in [3.8, 4) is 0 Å². The Kier molecular flexibility index (Phi) is 3.06. The van der Waals surface area contributed by atoms with Gasteiger partial charge in [-0.2, -0.15) is 0 Å². The summed E-state index contributed by atoms with van der Waals surface area (Å²) in [5.74, 6) is -0.248. The Morgan fingerprint density at radius 1 is 1.67 bits per heavy atom. The third kappa shape index (κ3) is 1.96. The highest BCUT2D eigenvalue weighted by Gasteiger charge is 2.16. The zero-order valence-corrected chi connectivity index (χ0v) is 7.93. The molecule has 0 fully saturated rings. The highest BCUT2D eigenvalue weighted by molar-refractivity contribution is 6.38. The summed E-state index contributed by atoms with van der Waals surface area (Å²) in [6.45, 7) is 1.59. The van der Waals surface area contributed by atoms with Crippen molar-refractivity contribution in [2.45, 2.75) is 12.3 Å². The Hall–Kier alpha value is -0.600. The molecular weight excluding hydrogens is 197 g/mol. The van der Waals surface area contributed by atoms with E-state index in [1.54, 1.807) is 19.1 Å². The third-order valence-electron chi connectivity index (χ3n) is 1.35. The molecule has 1 heterocycles. The largest absolute Gasteiger partial charge is 0.291 e. The van der Waals surface area contributed by atoms with Crippen LogP contribution in [-0.4, -0.2) is 16.1 Å². The molecule has 1 unspecified atom stereocenters. The van der Waals surface area contributed by atoms with E-state index in [1.165, 1.54) is 6.20 Å². The van der Waals surface area contributed by atoms with Crippen LogP contribution in [0.15, 0.2) is 18.3 Å². The van der Waals surface area contributed by atoms with Gasteiger partial charge in [0.05, 0.1) is 10.4 Å². The molecule has 0 bridgehead atoms. The Bertz CT molecular complexity index is 299. The SMILES string of the molecule is CC(Cl)C(=O)c1ncccc1Cl. The lowest BCUT2D eigenvalue weighted by Gasteiger charge is -2.02. The van der Waals surface area contributed by atoms with Crippen LogP contribution < -0.4 is 0 Å². The van der Waals surface area contributed by atoms with E-state index in [0.717, 1.165) is 0 Å². The first-order valence-corrected chi connectivity index (χ1v) is 4.23. The molecule has 1 rings (SSSR count). The molecule has 0 amide bonds. The van der Waals surface area contributed by atoms with Crippen LogP contribution in [0.2, 0.25) is 5.02 Å². The second-order valence-electron chi connectivity index (χ2n) is 2.31. The molecule has 0 spiro atoms. The molecule has 64 valence electrons. The van der Waals surface area contributed by atoms with Crippen molar-refractivity contribution in [2.75, 3.05) is 0 Å². The van der Waals surface area contributed by atoms with E-state index >= 15 is 0 Å². The van der Waals surface area contributed by atoms with Gasteiger partial charge in [0, 0.05) is 6.20 Å². The van der Waals surface area contributed by atoms with Gasteiger partial charge < -0.3 is 0 Å². The summed E-state index contributed by atoms with van der Waals surface area (Å²) in [5.41, 5.74) is 0.238. The Labute approximate surface area is 80.5 Å². The number of nitrogens with zero attached hydrogens (tertiary/aromatic N) is 1. The lowest BCUT2D eigenvalue weighted by atomic mass is 10.2. The standard InChI is InChI=1S/C8H7Cl2NO/c1-5(9)8(12)7-6(10)3-2-4-11-7/h2-5H,1H3. The van der Waals surface area contributed by atoms with Gasteiger partial charge in [0.1, 0.15) is 5.69 Å². The number of halogens is 2. The molecule has 0 aliphatic carbocycles. The number of hydrogen-bond acceptors (Lipinski definition) is 2. The first-order chi connectivity index (χ1) is 5.63. The monoisotopic (exact) mass is 203 g/mol. The van der Waals surface area contributed by atoms with Crippen LogP contribution >= 0.6 is 23.2 Å². The van der Waals surface area contributed by atoms with Gasteiger partial charge in [-0.1, -0.05) is 11.6 Å². The van der Waals surface area contributed by atoms with E-state index in [2.05, 4.69) is 4.98 Å². The Balaban J connectivity index is 3.03. The smallest absolute Gasteiger partial charge is 0.200 e. The van der Waals surface area contributed by atoms with Crippen LogP contribution in [0.5, 0.6) is 0 Å². The van der Waals surface area contributed by atoms with Gasteiger partial charge >= 0.3 is 0 Å². The molecule has 0 aromatic carbocycles. The average molecular weight is 204 g/mol. The second kappa shape index (κ2) is 3.87. The second-order valence-corrected chi connectivity index (χ2v) is 3.38. The first kappa shape index (κ1) is 9.49. The fraction of sp³-hybridized carbons (Fsp3) is 0.250. The van der Waals surface area contributed by atoms with Crippen molar-refractivity contribution < 1.29 is 4.79 Å². The van der Waals surface area contributed by atoms with Gasteiger partial charge in [0.25, 0.3) is 0 Å². The van der Waals surface area contributed by atoms with Crippen LogP contribution in [0.3, 0.4) is 0 Å². The lowest BCUT2D eigenvalue weighted by Crippen LogP contribution is -2.12. The van der Waals surface area contributed by atoms with Gasteiger partial charge in [-0.25, -0.2) is 0 Å². The molecule has 0 saturated heterocycles. The number of ketones is 1. The number of pyridine rings is 1. The zero-order chi connectivity index (χ0) is 9.14. The fourth-order valence-electron chi connectivity index (χ4n) is 0.755. The highest BCUT2D eigenvalue weighted by Crippen LogP contribution is 2.15. The van der Waals surface area contributed by atoms with Gasteiger partial charge in [-0.3, -0.25) is 9.78 Å². The van der Waals surface area contributed by atoms with E-state index in [0.29, 0.717) is 5.02 Å². The zero-order valence-electron chi connectivity index (χ0n) is 6.42. The lowest BCUT2D eigenvalue weighted by molar-refractivity contribution is 0.0987. The van der Waals surface area contributed by atoms with Crippen molar-refractivity contribution in [3.63, 3.8) is 0 Å². The predicted octanol–water partition coefficient (Wildman–Crippen LogP) is 2.55. The summed E-state index contributed by atoms with van der Waals surface area (Å²) in [7, 11) is 0. The highest BCUT2D eigenvalue weighted by atomic mass is 35.5. The Morgan fingerprint density at radius 3 is 2.83 bits per heavy atom. The van der Waals surface area contributed by atoms with E-state index < -0.39 is 5.38 Å². The molecule has 0 aliphatic rings. The minimum atomic E-state index is -0.586. The molecule has 2 nitrogen and oxygen atoms in total. The normalized spacial score (nSPS) is 12.6. The molecular formula is C8H7Cl2NO. The van der Waals surface area contributed by atoms with Crippen molar-refractivity contribution in [1.29, 1.82) is 0 Å². The average Bonchev–Trinajstić information content (AvgIpc) is 2.04. The fourth-order valence-corrected chi connectivity index (χ4v) is 1.07. The van der Waals surface area contributed by atoms with Crippen LogP contribution in [0.4, 0.5) is 0 Å². The number of Topliss-reactive ketones (excluding diaryl/α,β-unsaturated/α-hetero) is 1. The maximum atomic E-state index is 11.3. The summed E-state index contributed by atoms with van der Waals surface area (Å²) >= 11 is 11.3. The van der Waals surface area contributed by atoms with Crippen molar-refractivity contribution in [3.05, 3.63) is 29.0 Å². The molecule has 0 N–H and O–H groups in total. The Morgan fingerprint density at radius 2 is 2.33 bits per heavy atom. The topological polar surface area (TPSA) is 30.0 Å². The van der Waals surface area contributed by atoms with Gasteiger partial charge in [0.2, 0.25) is 0 Å². The quantitative estimate of drug-likeness (QED) is 0.547. The number of aromatic nitrogens is 1. The molecule has 1 atom stereocenters. The summed E-state index contributed by atoms with van der Waals surface area (Å²) < 4.78 is 0. The van der Waals surface area contributed by atoms with E-state index in [1.807, 2.05) is 0 Å². The number of carbonyl (C=O) groups is 1. The molecule has 12 heavy (non-hydrogen) atoms. The molecule has 0 aliphatic heterocycles. The van der Waals surface area contributed by atoms with Crippen LogP contribution in [0.1, 0.15) is 17.4 Å². The van der Waals surface area contributed by atoms with Crippen molar-refractivity contribution >= 4 is 29.0 Å². The summed E-state index contributed by atoms with van der Waals surface area (Å²) in [6.07, 6.45) is 1.51. The summed E-state index contributed by atoms with van der Waals surface area (Å²) in [4.78, 5) is 15.1. The minimum Gasteiger partial charge on any atom is -0.291 e. The third-order valence-corrected chi connectivity index (χ3v) is 1.86. The first-order valence-electron chi connectivity index (χ1n) is 3.41. The van der Waals surface area contributed by atoms with Crippen molar-refractivity contribution in [1.82, 2.24) is 4.98 Å². The predicted molar refractivity (Wildman–Crippen MR) is 48.9 cm³/mol. The number of hydrogen-bond donors (Lipinski definition) is 0. The maximum absolute atomic E-state index is 11.3. The van der Waals surface area contributed by atoms with Crippen molar-refractivity contribution in [2.24, 2.45) is 0 Å². The molecule has 1 aromatic heterocycles. The van der Waals surface area contributed by atoms with Crippen LogP contribution in [0.25, 0.3) is 0 Å². The molecule has 0 radical (unpaired) electrons. The molecule has 1 aromatic rings. The summed E-state index contributed by atoms with van der Waals surface area (Å²) in [5, 5.41) is -0.243. The number of rotatable bonds is 2.